The molecule has 82 valence electrons. The van der Waals surface area contributed by atoms with Crippen molar-refractivity contribution in [3.63, 3.8) is 0 Å². The van der Waals surface area contributed by atoms with Crippen LogP contribution in [0.5, 0.6) is 0 Å². The summed E-state index contributed by atoms with van der Waals surface area (Å²) >= 11 is 0. The second-order valence-corrected chi connectivity index (χ2v) is 4.64. The molecule has 1 rings (SSSR count). The highest BCUT2D eigenvalue weighted by atomic mass is 16.6. The molecular formula is C11H21NO2. The number of hydrogen-bond donors (Lipinski definition) is 1. The molecular weight excluding hydrogens is 178 g/mol. The Hall–Kier alpha value is -0.830. The predicted octanol–water partition coefficient (Wildman–Crippen LogP) is 2.85. The highest BCUT2D eigenvalue weighted by Gasteiger charge is 2.32. The van der Waals surface area contributed by atoms with E-state index in [0.717, 1.165) is 18.4 Å². The molecule has 1 aliphatic heterocycles. The molecule has 3 heteroatoms. The third kappa shape index (κ3) is 3.50. The molecule has 0 aromatic heterocycles. The first-order chi connectivity index (χ1) is 5.91. The zero-order chi connectivity index (χ0) is 10.1. The van der Waals surface area contributed by atoms with Gasteiger partial charge in [-0.3, -0.25) is 0 Å². The lowest BCUT2D eigenvalue weighted by molar-refractivity contribution is -0.155. The second-order valence-electron chi connectivity index (χ2n) is 4.64. The van der Waals surface area contributed by atoms with E-state index in [1.165, 1.54) is 0 Å². The largest absolute Gasteiger partial charge is 0.456 e. The molecule has 0 radical (unpaired) electrons. The van der Waals surface area contributed by atoms with E-state index < -0.39 is 0 Å². The van der Waals surface area contributed by atoms with Crippen molar-refractivity contribution in [1.82, 2.24) is 6.15 Å². The van der Waals surface area contributed by atoms with Crippen molar-refractivity contribution in [3.8, 4) is 0 Å². The SMILES string of the molecule is CC1=CC(=O)OC(C)(CC(C)C)C1.N. The Morgan fingerprint density at radius 3 is 2.57 bits per heavy atom. The van der Waals surface area contributed by atoms with Crippen LogP contribution in [0.2, 0.25) is 0 Å². The van der Waals surface area contributed by atoms with E-state index in [2.05, 4.69) is 13.8 Å². The van der Waals surface area contributed by atoms with Gasteiger partial charge in [-0.25, -0.2) is 4.79 Å². The smallest absolute Gasteiger partial charge is 0.331 e. The molecule has 0 aliphatic carbocycles. The summed E-state index contributed by atoms with van der Waals surface area (Å²) in [6.07, 6.45) is 3.39. The van der Waals surface area contributed by atoms with E-state index in [1.54, 1.807) is 6.08 Å². The lowest BCUT2D eigenvalue weighted by atomic mass is 9.87. The van der Waals surface area contributed by atoms with Gasteiger partial charge in [-0.15, -0.1) is 0 Å². The molecule has 0 fully saturated rings. The number of ether oxygens (including phenoxy) is 1. The minimum absolute atomic E-state index is 0. The Bertz CT molecular complexity index is 246. The van der Waals surface area contributed by atoms with Gasteiger partial charge in [0.05, 0.1) is 0 Å². The van der Waals surface area contributed by atoms with Crippen LogP contribution in [0.4, 0.5) is 0 Å². The number of rotatable bonds is 2. The topological polar surface area (TPSA) is 61.3 Å². The second kappa shape index (κ2) is 4.60. The summed E-state index contributed by atoms with van der Waals surface area (Å²) in [6.45, 7) is 8.29. The summed E-state index contributed by atoms with van der Waals surface area (Å²) in [5.41, 5.74) is 0.851. The van der Waals surface area contributed by atoms with Gasteiger partial charge in [0.2, 0.25) is 0 Å². The minimum atomic E-state index is -0.274. The third-order valence-electron chi connectivity index (χ3n) is 2.20. The zero-order valence-corrected chi connectivity index (χ0v) is 9.59. The van der Waals surface area contributed by atoms with Crippen LogP contribution < -0.4 is 6.15 Å². The number of carbonyl (C=O) groups excluding carboxylic acids is 1. The van der Waals surface area contributed by atoms with E-state index in [-0.39, 0.29) is 17.7 Å². The first kappa shape index (κ1) is 13.2. The molecule has 0 saturated heterocycles. The van der Waals surface area contributed by atoms with Crippen molar-refractivity contribution in [2.45, 2.75) is 46.1 Å². The van der Waals surface area contributed by atoms with Crippen molar-refractivity contribution in [2.75, 3.05) is 0 Å². The van der Waals surface area contributed by atoms with Crippen LogP contribution in [0.15, 0.2) is 11.6 Å². The molecule has 0 aromatic rings. The monoisotopic (exact) mass is 199 g/mol. The summed E-state index contributed by atoms with van der Waals surface area (Å²) in [7, 11) is 0. The van der Waals surface area contributed by atoms with Crippen LogP contribution in [0.25, 0.3) is 0 Å². The minimum Gasteiger partial charge on any atom is -0.456 e. The maximum absolute atomic E-state index is 11.2. The molecule has 0 amide bonds. The lowest BCUT2D eigenvalue weighted by Gasteiger charge is -2.34. The van der Waals surface area contributed by atoms with Crippen LogP contribution in [-0.4, -0.2) is 11.6 Å². The lowest BCUT2D eigenvalue weighted by Crippen LogP contribution is -2.36. The number of esters is 1. The van der Waals surface area contributed by atoms with Crippen molar-refractivity contribution in [1.29, 1.82) is 0 Å². The van der Waals surface area contributed by atoms with E-state index >= 15 is 0 Å². The normalized spacial score (nSPS) is 26.6. The van der Waals surface area contributed by atoms with Crippen molar-refractivity contribution in [3.05, 3.63) is 11.6 Å². The first-order valence-corrected chi connectivity index (χ1v) is 4.81. The van der Waals surface area contributed by atoms with Crippen molar-refractivity contribution in [2.24, 2.45) is 5.92 Å². The van der Waals surface area contributed by atoms with Gasteiger partial charge in [-0.2, -0.15) is 0 Å². The summed E-state index contributed by atoms with van der Waals surface area (Å²) in [6, 6.07) is 0. The standard InChI is InChI=1S/C11H18O2.H3N/c1-8(2)6-11(4)7-9(3)5-10(12)13-11;/h5,8H,6-7H2,1-4H3;1H3. The van der Waals surface area contributed by atoms with E-state index in [9.17, 15) is 4.79 Å². The van der Waals surface area contributed by atoms with Crippen molar-refractivity contribution < 1.29 is 9.53 Å². The Labute approximate surface area is 86.1 Å². The Kier molecular flexibility index (Phi) is 4.33. The fourth-order valence-corrected chi connectivity index (χ4v) is 2.13. The molecule has 1 aliphatic rings. The maximum Gasteiger partial charge on any atom is 0.331 e. The highest BCUT2D eigenvalue weighted by Crippen LogP contribution is 2.31. The third-order valence-corrected chi connectivity index (χ3v) is 2.20. The summed E-state index contributed by atoms with van der Waals surface area (Å²) in [5.74, 6) is 0.371. The molecule has 14 heavy (non-hydrogen) atoms. The Balaban J connectivity index is 0.00000169. The van der Waals surface area contributed by atoms with Gasteiger partial charge < -0.3 is 10.9 Å². The Morgan fingerprint density at radius 1 is 1.57 bits per heavy atom. The summed E-state index contributed by atoms with van der Waals surface area (Å²) in [4.78, 5) is 11.2. The first-order valence-electron chi connectivity index (χ1n) is 4.81. The van der Waals surface area contributed by atoms with E-state index in [0.29, 0.717) is 5.92 Å². The van der Waals surface area contributed by atoms with Crippen LogP contribution >= 0.6 is 0 Å². The quantitative estimate of drug-likeness (QED) is 0.695. The summed E-state index contributed by atoms with van der Waals surface area (Å²) < 4.78 is 5.34. The van der Waals surface area contributed by atoms with Gasteiger partial charge in [0, 0.05) is 12.5 Å². The van der Waals surface area contributed by atoms with Crippen LogP contribution in [-0.2, 0) is 9.53 Å². The van der Waals surface area contributed by atoms with Crippen LogP contribution in [0.1, 0.15) is 40.5 Å². The molecule has 1 heterocycles. The molecule has 0 saturated carbocycles. The van der Waals surface area contributed by atoms with E-state index in [1.807, 2.05) is 13.8 Å². The average molecular weight is 199 g/mol. The van der Waals surface area contributed by atoms with Gasteiger partial charge in [-0.05, 0) is 26.2 Å². The fraction of sp³-hybridized carbons (Fsp3) is 0.727. The number of hydrogen-bond acceptors (Lipinski definition) is 3. The number of cyclic esters (lactones) is 1. The van der Waals surface area contributed by atoms with Crippen molar-refractivity contribution >= 4 is 5.97 Å². The Morgan fingerprint density at radius 2 is 2.14 bits per heavy atom. The van der Waals surface area contributed by atoms with E-state index in [4.69, 9.17) is 4.74 Å². The number of carbonyl (C=O) groups is 1. The average Bonchev–Trinajstić information content (AvgIpc) is 1.77. The molecule has 3 nitrogen and oxygen atoms in total. The van der Waals surface area contributed by atoms with Gasteiger partial charge >= 0.3 is 5.97 Å². The van der Waals surface area contributed by atoms with Crippen LogP contribution in [0, 0.1) is 5.92 Å². The van der Waals surface area contributed by atoms with Gasteiger partial charge in [0.1, 0.15) is 5.60 Å². The maximum atomic E-state index is 11.2. The molecule has 0 spiro atoms. The predicted molar refractivity (Wildman–Crippen MR) is 57.3 cm³/mol. The molecule has 0 aromatic carbocycles. The fourth-order valence-electron chi connectivity index (χ4n) is 2.13. The van der Waals surface area contributed by atoms with Gasteiger partial charge in [0.15, 0.2) is 0 Å². The van der Waals surface area contributed by atoms with Gasteiger partial charge in [0.25, 0.3) is 0 Å². The highest BCUT2D eigenvalue weighted by molar-refractivity contribution is 5.84. The molecule has 1 unspecified atom stereocenters. The summed E-state index contributed by atoms with van der Waals surface area (Å²) in [5, 5.41) is 0. The van der Waals surface area contributed by atoms with Gasteiger partial charge in [-0.1, -0.05) is 19.4 Å². The molecule has 0 bridgehead atoms. The zero-order valence-electron chi connectivity index (χ0n) is 9.59. The molecule has 3 N–H and O–H groups in total. The van der Waals surface area contributed by atoms with Crippen LogP contribution in [0.3, 0.4) is 0 Å². The molecule has 1 atom stereocenters.